The molecule has 0 spiro atoms. The van der Waals surface area contributed by atoms with Crippen molar-refractivity contribution in [3.63, 3.8) is 0 Å². The Morgan fingerprint density at radius 2 is 1.50 bits per heavy atom. The maximum Gasteiger partial charge on any atom is 0.0652 e. The number of hydrogen-bond donors (Lipinski definition) is 1. The van der Waals surface area contributed by atoms with Gasteiger partial charge in [0.1, 0.15) is 0 Å². The summed E-state index contributed by atoms with van der Waals surface area (Å²) >= 11 is 18.4. The van der Waals surface area contributed by atoms with Crippen molar-refractivity contribution in [1.29, 1.82) is 0 Å². The fourth-order valence-electron chi connectivity index (χ4n) is 2.64. The summed E-state index contributed by atoms with van der Waals surface area (Å²) in [4.78, 5) is 0. The summed E-state index contributed by atoms with van der Waals surface area (Å²) in [6, 6.07) is 3.98. The van der Waals surface area contributed by atoms with E-state index in [2.05, 4.69) is 33.0 Å². The molecule has 2 rings (SSSR count). The molecule has 0 aliphatic heterocycles. The van der Waals surface area contributed by atoms with Crippen LogP contribution in [0.15, 0.2) is 12.1 Å². The molecule has 0 unspecified atom stereocenters. The topological polar surface area (TPSA) is 12.0 Å². The fraction of sp³-hybridized carbons (Fsp3) is 0.571. The molecule has 1 nitrogen and oxygen atoms in total. The van der Waals surface area contributed by atoms with Crippen LogP contribution in [0.25, 0.3) is 0 Å². The summed E-state index contributed by atoms with van der Waals surface area (Å²) in [5.41, 5.74) is 1.47. The third-order valence-corrected chi connectivity index (χ3v) is 5.84. The van der Waals surface area contributed by atoms with Crippen molar-refractivity contribution >= 4 is 34.8 Å². The van der Waals surface area contributed by atoms with Crippen LogP contribution in [0.5, 0.6) is 0 Å². The molecule has 0 saturated heterocycles. The monoisotopic (exact) mass is 305 g/mol. The van der Waals surface area contributed by atoms with Gasteiger partial charge in [-0.15, -0.1) is 0 Å². The summed E-state index contributed by atoms with van der Waals surface area (Å²) in [5.74, 6) is 0. The van der Waals surface area contributed by atoms with Crippen LogP contribution < -0.4 is 5.32 Å². The van der Waals surface area contributed by atoms with Gasteiger partial charge in [0, 0.05) is 23.2 Å². The van der Waals surface area contributed by atoms with Crippen LogP contribution >= 0.6 is 34.8 Å². The molecular weight excluding hydrogens is 289 g/mol. The molecule has 1 N–H and O–H groups in total. The highest BCUT2D eigenvalue weighted by Crippen LogP contribution is 2.62. The van der Waals surface area contributed by atoms with Gasteiger partial charge >= 0.3 is 0 Å². The Balaban J connectivity index is 2.11. The predicted molar refractivity (Wildman–Crippen MR) is 79.7 cm³/mol. The van der Waals surface area contributed by atoms with E-state index < -0.39 is 0 Å². The molecule has 4 heteroatoms. The van der Waals surface area contributed by atoms with Crippen LogP contribution in [0.4, 0.5) is 0 Å². The quantitative estimate of drug-likeness (QED) is 0.760. The normalized spacial score (nSPS) is 21.1. The average Bonchev–Trinajstić information content (AvgIpc) is 2.65. The summed E-state index contributed by atoms with van der Waals surface area (Å²) in [6.45, 7) is 9.73. The number of halogens is 3. The first-order valence-electron chi connectivity index (χ1n) is 6.05. The lowest BCUT2D eigenvalue weighted by atomic mass is 10.0. The largest absolute Gasteiger partial charge is 0.309 e. The first kappa shape index (κ1) is 14.5. The second-order valence-electron chi connectivity index (χ2n) is 6.08. The van der Waals surface area contributed by atoms with Gasteiger partial charge in [-0.25, -0.2) is 0 Å². The van der Waals surface area contributed by atoms with Crippen molar-refractivity contribution in [1.82, 2.24) is 5.32 Å². The SMILES string of the molecule is CC1(C)C(NCc2c(Cl)ccc(Cl)c2Cl)C1(C)C. The van der Waals surface area contributed by atoms with Gasteiger partial charge in [0.05, 0.1) is 10.0 Å². The van der Waals surface area contributed by atoms with E-state index in [1.807, 2.05) is 0 Å². The second kappa shape index (κ2) is 4.56. The first-order chi connectivity index (χ1) is 8.19. The van der Waals surface area contributed by atoms with E-state index in [1.165, 1.54) is 0 Å². The Hall–Kier alpha value is 0.0500. The Morgan fingerprint density at radius 1 is 1.00 bits per heavy atom. The maximum atomic E-state index is 6.19. The number of rotatable bonds is 3. The molecule has 0 amide bonds. The minimum atomic E-state index is 0.296. The van der Waals surface area contributed by atoms with Gasteiger partial charge < -0.3 is 5.32 Å². The number of nitrogens with one attached hydrogen (secondary N) is 1. The van der Waals surface area contributed by atoms with E-state index in [4.69, 9.17) is 34.8 Å². The van der Waals surface area contributed by atoms with Crippen LogP contribution in [0.1, 0.15) is 33.3 Å². The molecule has 1 aromatic rings. The lowest BCUT2D eigenvalue weighted by Crippen LogP contribution is -2.22. The van der Waals surface area contributed by atoms with Crippen molar-refractivity contribution in [2.75, 3.05) is 0 Å². The molecule has 0 bridgehead atoms. The molecular formula is C14H18Cl3N. The van der Waals surface area contributed by atoms with Gasteiger partial charge in [-0.3, -0.25) is 0 Å². The Bertz CT molecular complexity index is 466. The number of benzene rings is 1. The molecule has 1 aliphatic rings. The highest BCUT2D eigenvalue weighted by Gasteiger charge is 2.64. The van der Waals surface area contributed by atoms with Gasteiger partial charge in [0.25, 0.3) is 0 Å². The van der Waals surface area contributed by atoms with Crippen molar-refractivity contribution in [2.45, 2.75) is 40.3 Å². The Kier molecular flexibility index (Phi) is 3.66. The highest BCUT2D eigenvalue weighted by molar-refractivity contribution is 6.44. The Morgan fingerprint density at radius 3 is 2.00 bits per heavy atom. The molecule has 1 saturated carbocycles. The van der Waals surface area contributed by atoms with Gasteiger partial charge in [-0.2, -0.15) is 0 Å². The van der Waals surface area contributed by atoms with Crippen molar-refractivity contribution < 1.29 is 0 Å². The lowest BCUT2D eigenvalue weighted by Gasteiger charge is -2.11. The second-order valence-corrected chi connectivity index (χ2v) is 7.27. The van der Waals surface area contributed by atoms with Gasteiger partial charge in [-0.1, -0.05) is 62.5 Å². The minimum absolute atomic E-state index is 0.296. The summed E-state index contributed by atoms with van der Waals surface area (Å²) in [5, 5.41) is 5.29. The minimum Gasteiger partial charge on any atom is -0.309 e. The summed E-state index contributed by atoms with van der Waals surface area (Å²) in [7, 11) is 0. The van der Waals surface area contributed by atoms with E-state index in [0.717, 1.165) is 5.56 Å². The molecule has 1 aromatic carbocycles. The van der Waals surface area contributed by atoms with Crippen LogP contribution in [-0.4, -0.2) is 6.04 Å². The lowest BCUT2D eigenvalue weighted by molar-refractivity contribution is 0.457. The smallest absolute Gasteiger partial charge is 0.0652 e. The molecule has 1 fully saturated rings. The van der Waals surface area contributed by atoms with Gasteiger partial charge in [0.15, 0.2) is 0 Å². The standard InChI is InChI=1S/C14H18Cl3N/c1-13(2)12(14(13,3)4)18-7-8-9(15)5-6-10(16)11(8)17/h5-6,12,18H,7H2,1-4H3. The highest BCUT2D eigenvalue weighted by atomic mass is 35.5. The zero-order valence-electron chi connectivity index (χ0n) is 11.1. The van der Waals surface area contributed by atoms with Crippen LogP contribution in [0.2, 0.25) is 15.1 Å². The van der Waals surface area contributed by atoms with Crippen molar-refractivity contribution in [2.24, 2.45) is 10.8 Å². The summed E-state index contributed by atoms with van der Waals surface area (Å²) in [6.07, 6.45) is 0. The van der Waals surface area contributed by atoms with Crippen LogP contribution in [-0.2, 0) is 6.54 Å². The van der Waals surface area contributed by atoms with Crippen molar-refractivity contribution in [3.05, 3.63) is 32.8 Å². The average molecular weight is 307 g/mol. The molecule has 100 valence electrons. The molecule has 0 heterocycles. The van der Waals surface area contributed by atoms with Crippen LogP contribution in [0, 0.1) is 10.8 Å². The molecule has 0 aromatic heterocycles. The third kappa shape index (κ3) is 2.16. The first-order valence-corrected chi connectivity index (χ1v) is 7.18. The van der Waals surface area contributed by atoms with E-state index in [9.17, 15) is 0 Å². The number of hydrogen-bond acceptors (Lipinski definition) is 1. The maximum absolute atomic E-state index is 6.19. The molecule has 0 radical (unpaired) electrons. The van der Waals surface area contributed by atoms with E-state index in [0.29, 0.717) is 38.5 Å². The predicted octanol–water partition coefficient (Wildman–Crippen LogP) is 5.17. The van der Waals surface area contributed by atoms with E-state index in [-0.39, 0.29) is 0 Å². The van der Waals surface area contributed by atoms with Crippen molar-refractivity contribution in [3.8, 4) is 0 Å². The molecule has 18 heavy (non-hydrogen) atoms. The van der Waals surface area contributed by atoms with Gasteiger partial charge in [0.2, 0.25) is 0 Å². The summed E-state index contributed by atoms with van der Waals surface area (Å²) < 4.78 is 0. The molecule has 1 aliphatic carbocycles. The molecule has 0 atom stereocenters. The van der Waals surface area contributed by atoms with E-state index in [1.54, 1.807) is 12.1 Å². The van der Waals surface area contributed by atoms with Crippen LogP contribution in [0.3, 0.4) is 0 Å². The zero-order valence-corrected chi connectivity index (χ0v) is 13.3. The third-order valence-electron chi connectivity index (χ3n) is 4.64. The zero-order chi connectivity index (χ0) is 13.7. The fourth-order valence-corrected chi connectivity index (χ4v) is 3.32. The van der Waals surface area contributed by atoms with E-state index >= 15 is 0 Å². The Labute approximate surface area is 124 Å². The van der Waals surface area contributed by atoms with Gasteiger partial charge in [-0.05, 0) is 23.0 Å².